The first-order valence-corrected chi connectivity index (χ1v) is 13.9. The van der Waals surface area contributed by atoms with Gasteiger partial charge in [0.2, 0.25) is 5.91 Å². The van der Waals surface area contributed by atoms with Gasteiger partial charge >= 0.3 is 0 Å². The number of hydrogen-bond acceptors (Lipinski definition) is 6. The molecule has 0 aliphatic carbocycles. The molecule has 0 aromatic heterocycles. The molecular weight excluding hydrogens is 571 g/mol. The molecule has 3 aromatic carbocycles. The van der Waals surface area contributed by atoms with E-state index in [0.717, 1.165) is 27.8 Å². The molecule has 7 nitrogen and oxygen atoms in total. The van der Waals surface area contributed by atoms with E-state index < -0.39 is 23.6 Å². The molecule has 1 N–H and O–H groups in total. The zero-order valence-corrected chi connectivity index (χ0v) is 23.9. The van der Waals surface area contributed by atoms with Crippen LogP contribution in [0.15, 0.2) is 78.2 Å². The van der Waals surface area contributed by atoms with Crippen molar-refractivity contribution in [1.29, 1.82) is 0 Å². The summed E-state index contributed by atoms with van der Waals surface area (Å²) in [6.07, 6.45) is 3.84. The van der Waals surface area contributed by atoms with Gasteiger partial charge in [0.1, 0.15) is 13.2 Å². The summed E-state index contributed by atoms with van der Waals surface area (Å²) in [6, 6.07) is 17.7. The van der Waals surface area contributed by atoms with Gasteiger partial charge in [0, 0.05) is 10.6 Å². The van der Waals surface area contributed by atoms with Crippen LogP contribution in [0.3, 0.4) is 0 Å². The molecule has 10 heteroatoms. The third-order valence-electron chi connectivity index (χ3n) is 5.74. The fourth-order valence-corrected chi connectivity index (χ4v) is 5.07. The second-order valence-corrected chi connectivity index (χ2v) is 10.5. The van der Waals surface area contributed by atoms with Crippen LogP contribution in [-0.4, -0.2) is 35.1 Å². The van der Waals surface area contributed by atoms with Crippen molar-refractivity contribution in [3.63, 3.8) is 0 Å². The van der Waals surface area contributed by atoms with E-state index in [1.54, 1.807) is 54.6 Å². The number of allylic oxidation sites excluding steroid dienone is 1. The smallest absolute Gasteiger partial charge is 0.294 e. The Labute approximate surface area is 246 Å². The van der Waals surface area contributed by atoms with E-state index in [1.807, 2.05) is 25.1 Å². The van der Waals surface area contributed by atoms with E-state index in [4.69, 9.17) is 32.7 Å². The number of carbonyl (C=O) groups is 3. The van der Waals surface area contributed by atoms with E-state index in [1.165, 1.54) is 0 Å². The third kappa shape index (κ3) is 7.27. The second kappa shape index (κ2) is 13.6. The van der Waals surface area contributed by atoms with Crippen LogP contribution in [0.2, 0.25) is 10.0 Å². The van der Waals surface area contributed by atoms with Gasteiger partial charge < -0.3 is 14.8 Å². The fraction of sp³-hybridized carbons (Fsp3) is 0.167. The highest BCUT2D eigenvalue weighted by molar-refractivity contribution is 8.18. The van der Waals surface area contributed by atoms with Crippen LogP contribution in [0.5, 0.6) is 11.5 Å². The molecule has 1 aliphatic rings. The number of rotatable bonds is 11. The summed E-state index contributed by atoms with van der Waals surface area (Å²) in [7, 11) is 0. The number of imide groups is 1. The molecule has 0 saturated carbocycles. The maximum Gasteiger partial charge on any atom is 0.294 e. The number of thioether (sulfide) groups is 1. The van der Waals surface area contributed by atoms with Gasteiger partial charge in [0.05, 0.1) is 22.2 Å². The molecule has 40 heavy (non-hydrogen) atoms. The largest absolute Gasteiger partial charge is 0.490 e. The van der Waals surface area contributed by atoms with Crippen LogP contribution >= 0.6 is 35.0 Å². The molecule has 206 valence electrons. The van der Waals surface area contributed by atoms with Crippen molar-refractivity contribution >= 4 is 63.8 Å². The SMILES string of the molecule is C=CCc1cc(/C=C2/SC(=O)N(CC(=O)Nc3ccccc3Cl)C2=O)cc(OCC)c1OCc1ccc(Cl)cc1. The van der Waals surface area contributed by atoms with Crippen LogP contribution in [0, 0.1) is 0 Å². The Morgan fingerprint density at radius 2 is 1.82 bits per heavy atom. The van der Waals surface area contributed by atoms with Crippen LogP contribution in [0.4, 0.5) is 10.5 Å². The van der Waals surface area contributed by atoms with Crippen molar-refractivity contribution in [2.75, 3.05) is 18.5 Å². The lowest BCUT2D eigenvalue weighted by Gasteiger charge is -2.17. The molecule has 4 rings (SSSR count). The molecule has 3 aromatic rings. The molecule has 1 heterocycles. The van der Waals surface area contributed by atoms with E-state index in [9.17, 15) is 14.4 Å². The molecule has 0 spiro atoms. The molecule has 1 saturated heterocycles. The number of ether oxygens (including phenoxy) is 2. The summed E-state index contributed by atoms with van der Waals surface area (Å²) in [5.74, 6) is -0.0278. The predicted octanol–water partition coefficient (Wildman–Crippen LogP) is 7.37. The Kier molecular flexibility index (Phi) is 9.93. The van der Waals surface area contributed by atoms with Crippen molar-refractivity contribution < 1.29 is 23.9 Å². The Bertz CT molecular complexity index is 1470. The normalized spacial score (nSPS) is 14.0. The minimum atomic E-state index is -0.560. The van der Waals surface area contributed by atoms with E-state index >= 15 is 0 Å². The minimum Gasteiger partial charge on any atom is -0.490 e. The lowest BCUT2D eigenvalue weighted by Crippen LogP contribution is -2.36. The lowest BCUT2D eigenvalue weighted by molar-refractivity contribution is -0.127. The summed E-state index contributed by atoms with van der Waals surface area (Å²) < 4.78 is 12.0. The van der Waals surface area contributed by atoms with E-state index in [-0.39, 0.29) is 4.91 Å². The molecule has 1 fully saturated rings. The highest BCUT2D eigenvalue weighted by Crippen LogP contribution is 2.38. The van der Waals surface area contributed by atoms with Crippen molar-refractivity contribution in [2.45, 2.75) is 20.0 Å². The first-order valence-electron chi connectivity index (χ1n) is 12.4. The monoisotopic (exact) mass is 596 g/mol. The number of para-hydroxylation sites is 1. The highest BCUT2D eigenvalue weighted by atomic mass is 35.5. The predicted molar refractivity (Wildman–Crippen MR) is 160 cm³/mol. The number of anilines is 1. The molecule has 3 amide bonds. The molecule has 0 atom stereocenters. The molecular formula is C30H26Cl2N2O5S. The first kappa shape index (κ1) is 29.3. The zero-order chi connectivity index (χ0) is 28.6. The Balaban J connectivity index is 1.55. The van der Waals surface area contributed by atoms with Gasteiger partial charge in [0.15, 0.2) is 11.5 Å². The number of benzene rings is 3. The van der Waals surface area contributed by atoms with Gasteiger partial charge in [-0.1, -0.05) is 53.5 Å². The van der Waals surface area contributed by atoms with Gasteiger partial charge in [-0.05, 0) is 78.7 Å². The first-order chi connectivity index (χ1) is 19.3. The molecule has 0 bridgehead atoms. The number of halogens is 2. The number of carbonyl (C=O) groups excluding carboxylic acids is 3. The number of nitrogens with one attached hydrogen (secondary N) is 1. The van der Waals surface area contributed by atoms with Gasteiger partial charge in [0.25, 0.3) is 11.1 Å². The Morgan fingerprint density at radius 1 is 1.07 bits per heavy atom. The van der Waals surface area contributed by atoms with E-state index in [2.05, 4.69) is 11.9 Å². The van der Waals surface area contributed by atoms with Crippen LogP contribution in [0.25, 0.3) is 6.08 Å². The number of nitrogens with zero attached hydrogens (tertiary/aromatic N) is 1. The zero-order valence-electron chi connectivity index (χ0n) is 21.6. The van der Waals surface area contributed by atoms with Crippen LogP contribution in [-0.2, 0) is 22.6 Å². The third-order valence-corrected chi connectivity index (χ3v) is 7.22. The van der Waals surface area contributed by atoms with Gasteiger partial charge in [-0.3, -0.25) is 19.3 Å². The summed E-state index contributed by atoms with van der Waals surface area (Å²) in [6.45, 7) is 5.97. The topological polar surface area (TPSA) is 84.9 Å². The van der Waals surface area contributed by atoms with Gasteiger partial charge in [-0.2, -0.15) is 0 Å². The van der Waals surface area contributed by atoms with Gasteiger partial charge in [-0.15, -0.1) is 6.58 Å². The molecule has 0 unspecified atom stereocenters. The molecule has 0 radical (unpaired) electrons. The van der Waals surface area contributed by atoms with Crippen molar-refractivity contribution in [2.24, 2.45) is 0 Å². The lowest BCUT2D eigenvalue weighted by atomic mass is 10.0. The van der Waals surface area contributed by atoms with Crippen LogP contribution < -0.4 is 14.8 Å². The van der Waals surface area contributed by atoms with Crippen LogP contribution in [0.1, 0.15) is 23.6 Å². The van der Waals surface area contributed by atoms with Crippen molar-refractivity contribution in [3.8, 4) is 11.5 Å². The van der Waals surface area contributed by atoms with Crippen molar-refractivity contribution in [3.05, 3.63) is 105 Å². The fourth-order valence-electron chi connectivity index (χ4n) is 3.92. The maximum absolute atomic E-state index is 13.1. The average Bonchev–Trinajstić information content (AvgIpc) is 3.18. The van der Waals surface area contributed by atoms with E-state index in [0.29, 0.717) is 52.4 Å². The number of hydrogen-bond donors (Lipinski definition) is 1. The van der Waals surface area contributed by atoms with Gasteiger partial charge in [-0.25, -0.2) is 0 Å². The Hall–Kier alpha value is -3.72. The summed E-state index contributed by atoms with van der Waals surface area (Å²) in [5, 5.41) is 3.08. The second-order valence-electron chi connectivity index (χ2n) is 8.64. The number of amides is 3. The Morgan fingerprint density at radius 3 is 2.52 bits per heavy atom. The quantitative estimate of drug-likeness (QED) is 0.184. The maximum atomic E-state index is 13.1. The highest BCUT2D eigenvalue weighted by Gasteiger charge is 2.36. The minimum absolute atomic E-state index is 0.192. The summed E-state index contributed by atoms with van der Waals surface area (Å²) in [4.78, 5) is 39.3. The summed E-state index contributed by atoms with van der Waals surface area (Å²) >= 11 is 12.8. The molecule has 1 aliphatic heterocycles. The average molecular weight is 598 g/mol. The standard InChI is InChI=1S/C30H26Cl2N2O5S/c1-3-7-21-14-20(15-25(38-4-2)28(21)39-18-19-10-12-22(31)13-11-19)16-26-29(36)34(30(37)40-26)17-27(35)33-24-9-6-5-8-23(24)32/h3,5-6,8-16H,1,4,7,17-18H2,2H3,(H,33,35)/b26-16+. The summed E-state index contributed by atoms with van der Waals surface area (Å²) in [5.41, 5.74) is 2.78. The van der Waals surface area contributed by atoms with Crippen molar-refractivity contribution in [1.82, 2.24) is 4.90 Å².